The monoisotopic (exact) mass is 382 g/mol. The fraction of sp³-hybridized carbons (Fsp3) is 0.846. The summed E-state index contributed by atoms with van der Waals surface area (Å²) in [5, 5.41) is 2.66. The first-order valence-corrected chi connectivity index (χ1v) is 6.74. The molecule has 0 aliphatic carbocycles. The van der Waals surface area contributed by atoms with Crippen molar-refractivity contribution in [2.45, 2.75) is 39.5 Å². The summed E-state index contributed by atoms with van der Waals surface area (Å²) in [6, 6.07) is 0. The van der Waals surface area contributed by atoms with Crippen molar-refractivity contribution >= 4 is 35.8 Å². The van der Waals surface area contributed by atoms with Gasteiger partial charge < -0.3 is 16.0 Å². The lowest BCUT2D eigenvalue weighted by atomic mass is 9.93. The Bertz CT molecular complexity index is 310. The normalized spacial score (nSPS) is 17.4. The Labute approximate surface area is 133 Å². The third-order valence-corrected chi connectivity index (χ3v) is 3.41. The Morgan fingerprint density at radius 1 is 1.26 bits per heavy atom. The molecule has 1 fully saturated rings. The highest BCUT2D eigenvalue weighted by molar-refractivity contribution is 14.0. The first kappa shape index (κ1) is 18.5. The highest BCUT2D eigenvalue weighted by Crippen LogP contribution is 2.16. The number of amides is 1. The number of halogens is 1. The number of guanidine groups is 1. The van der Waals surface area contributed by atoms with Crippen molar-refractivity contribution in [3.05, 3.63) is 0 Å². The van der Waals surface area contributed by atoms with Crippen molar-refractivity contribution in [3.8, 4) is 0 Å². The van der Waals surface area contributed by atoms with E-state index in [0.29, 0.717) is 12.5 Å². The molecular weight excluding hydrogens is 355 g/mol. The van der Waals surface area contributed by atoms with Crippen molar-refractivity contribution in [1.29, 1.82) is 0 Å². The summed E-state index contributed by atoms with van der Waals surface area (Å²) in [6.07, 6.45) is 4.89. The van der Waals surface area contributed by atoms with Crippen LogP contribution in [-0.4, -0.2) is 43.4 Å². The zero-order valence-electron chi connectivity index (χ0n) is 12.2. The van der Waals surface area contributed by atoms with E-state index in [1.165, 1.54) is 25.7 Å². The molecular formula is C13H27IN4O. The number of nitrogens with zero attached hydrogens (tertiary/aromatic N) is 2. The molecule has 0 radical (unpaired) electrons. The van der Waals surface area contributed by atoms with Crippen LogP contribution in [-0.2, 0) is 4.79 Å². The predicted octanol–water partition coefficient (Wildman–Crippen LogP) is 1.57. The minimum Gasteiger partial charge on any atom is -0.370 e. The minimum atomic E-state index is -0.509. The number of likely N-dealkylation sites (tertiary alicyclic amines) is 1. The van der Waals surface area contributed by atoms with Gasteiger partial charge in [-0.25, -0.2) is 0 Å². The van der Waals surface area contributed by atoms with Crippen LogP contribution in [0.15, 0.2) is 4.99 Å². The first-order chi connectivity index (χ1) is 8.47. The number of carbonyl (C=O) groups excluding carboxylic acids is 1. The van der Waals surface area contributed by atoms with E-state index in [9.17, 15) is 4.79 Å². The largest absolute Gasteiger partial charge is 0.370 e. The van der Waals surface area contributed by atoms with Gasteiger partial charge in [0.2, 0.25) is 5.91 Å². The van der Waals surface area contributed by atoms with Crippen molar-refractivity contribution in [1.82, 2.24) is 10.2 Å². The maximum Gasteiger partial charge on any atom is 0.227 e. The average molecular weight is 382 g/mol. The Hall–Kier alpha value is -0.530. The van der Waals surface area contributed by atoms with Gasteiger partial charge in [0.15, 0.2) is 5.96 Å². The highest BCUT2D eigenvalue weighted by Gasteiger charge is 2.26. The predicted molar refractivity (Wildman–Crippen MR) is 89.8 cm³/mol. The molecule has 0 atom stereocenters. The van der Waals surface area contributed by atoms with Crippen molar-refractivity contribution in [2.24, 2.45) is 16.1 Å². The van der Waals surface area contributed by atoms with Crippen LogP contribution in [0.2, 0.25) is 0 Å². The van der Waals surface area contributed by atoms with Gasteiger partial charge in [0.25, 0.3) is 0 Å². The molecule has 1 heterocycles. The van der Waals surface area contributed by atoms with E-state index < -0.39 is 5.41 Å². The van der Waals surface area contributed by atoms with Crippen LogP contribution in [0, 0.1) is 5.41 Å². The number of nitrogens with two attached hydrogens (primary N) is 1. The van der Waals surface area contributed by atoms with Gasteiger partial charge in [0.1, 0.15) is 0 Å². The second kappa shape index (κ2) is 8.60. The van der Waals surface area contributed by atoms with Crippen LogP contribution in [0.4, 0.5) is 0 Å². The van der Waals surface area contributed by atoms with Crippen molar-refractivity contribution in [3.63, 3.8) is 0 Å². The van der Waals surface area contributed by atoms with E-state index in [-0.39, 0.29) is 29.9 Å². The Kier molecular flexibility index (Phi) is 8.36. The molecule has 6 heteroatoms. The summed E-state index contributed by atoms with van der Waals surface area (Å²) >= 11 is 0. The molecule has 0 saturated carbocycles. The van der Waals surface area contributed by atoms with Gasteiger partial charge >= 0.3 is 0 Å². The minimum absolute atomic E-state index is 0. The lowest BCUT2D eigenvalue weighted by Crippen LogP contribution is -2.41. The fourth-order valence-electron chi connectivity index (χ4n) is 2.09. The van der Waals surface area contributed by atoms with Crippen LogP contribution in [0.25, 0.3) is 0 Å². The highest BCUT2D eigenvalue weighted by atomic mass is 127. The van der Waals surface area contributed by atoms with Crippen LogP contribution in [0.3, 0.4) is 0 Å². The maximum absolute atomic E-state index is 11.6. The topological polar surface area (TPSA) is 70.7 Å². The molecule has 19 heavy (non-hydrogen) atoms. The zero-order valence-corrected chi connectivity index (χ0v) is 14.6. The molecule has 0 aromatic carbocycles. The molecule has 0 unspecified atom stereocenters. The molecule has 1 aliphatic heterocycles. The van der Waals surface area contributed by atoms with Gasteiger partial charge in [-0.15, -0.1) is 24.0 Å². The second-order valence-electron chi connectivity index (χ2n) is 5.54. The Balaban J connectivity index is 0.00000324. The molecule has 1 amide bonds. The number of rotatable bonds is 3. The Morgan fingerprint density at radius 3 is 2.26 bits per heavy atom. The van der Waals surface area contributed by atoms with E-state index in [1.807, 2.05) is 13.8 Å². The quantitative estimate of drug-likeness (QED) is 0.442. The van der Waals surface area contributed by atoms with Gasteiger partial charge in [-0.3, -0.25) is 9.79 Å². The van der Waals surface area contributed by atoms with E-state index in [2.05, 4.69) is 15.2 Å². The molecule has 0 spiro atoms. The van der Waals surface area contributed by atoms with Gasteiger partial charge in [0, 0.05) is 20.1 Å². The first-order valence-electron chi connectivity index (χ1n) is 6.74. The third kappa shape index (κ3) is 5.97. The Morgan fingerprint density at radius 2 is 1.79 bits per heavy atom. The molecule has 3 N–H and O–H groups in total. The van der Waals surface area contributed by atoms with Gasteiger partial charge in [0.05, 0.1) is 12.0 Å². The van der Waals surface area contributed by atoms with Crippen LogP contribution in [0.5, 0.6) is 0 Å². The lowest BCUT2D eigenvalue weighted by molar-refractivity contribution is -0.128. The third-order valence-electron chi connectivity index (χ3n) is 3.41. The van der Waals surface area contributed by atoms with Gasteiger partial charge in [-0.05, 0) is 26.7 Å². The average Bonchev–Trinajstić information content (AvgIpc) is 2.63. The van der Waals surface area contributed by atoms with E-state index >= 15 is 0 Å². The molecule has 1 saturated heterocycles. The number of nitrogens with one attached hydrogen (secondary N) is 1. The van der Waals surface area contributed by atoms with Gasteiger partial charge in [-0.1, -0.05) is 12.8 Å². The standard InChI is InChI=1S/C13H26N4O.HI/c1-13(2,11(18)15-3)10-16-12(14)17-8-6-4-5-7-9-17;/h4-10H2,1-3H3,(H2,14,16)(H,15,18);1H. The van der Waals surface area contributed by atoms with Crippen LogP contribution >= 0.6 is 24.0 Å². The summed E-state index contributed by atoms with van der Waals surface area (Å²) in [5.74, 6) is 0.573. The molecule has 1 aliphatic rings. The smallest absolute Gasteiger partial charge is 0.227 e. The van der Waals surface area contributed by atoms with E-state index in [4.69, 9.17) is 5.73 Å². The lowest BCUT2D eigenvalue weighted by Gasteiger charge is -2.24. The van der Waals surface area contributed by atoms with Gasteiger partial charge in [-0.2, -0.15) is 0 Å². The van der Waals surface area contributed by atoms with Crippen LogP contribution in [0.1, 0.15) is 39.5 Å². The molecule has 0 aromatic heterocycles. The van der Waals surface area contributed by atoms with E-state index in [1.54, 1.807) is 7.05 Å². The van der Waals surface area contributed by atoms with E-state index in [0.717, 1.165) is 13.1 Å². The molecule has 1 rings (SSSR count). The number of hydrogen-bond donors (Lipinski definition) is 2. The maximum atomic E-state index is 11.6. The number of hydrogen-bond acceptors (Lipinski definition) is 2. The number of aliphatic imine (C=N–C) groups is 1. The molecule has 5 nitrogen and oxygen atoms in total. The fourth-order valence-corrected chi connectivity index (χ4v) is 2.09. The summed E-state index contributed by atoms with van der Waals surface area (Å²) in [5.41, 5.74) is 5.50. The summed E-state index contributed by atoms with van der Waals surface area (Å²) in [6.45, 7) is 6.15. The molecule has 0 aromatic rings. The molecule has 0 bridgehead atoms. The second-order valence-corrected chi connectivity index (χ2v) is 5.54. The summed E-state index contributed by atoms with van der Waals surface area (Å²) in [7, 11) is 1.64. The van der Waals surface area contributed by atoms with Crippen molar-refractivity contribution < 1.29 is 4.79 Å². The SMILES string of the molecule is CNC(=O)C(C)(C)CN=C(N)N1CCCCCC1.I. The zero-order chi connectivity index (χ0) is 13.6. The van der Waals surface area contributed by atoms with Crippen molar-refractivity contribution in [2.75, 3.05) is 26.7 Å². The molecule has 112 valence electrons. The summed E-state index contributed by atoms with van der Waals surface area (Å²) < 4.78 is 0. The summed E-state index contributed by atoms with van der Waals surface area (Å²) in [4.78, 5) is 18.2. The van der Waals surface area contributed by atoms with Crippen LogP contribution < -0.4 is 11.1 Å². The number of carbonyl (C=O) groups is 1.